The summed E-state index contributed by atoms with van der Waals surface area (Å²) < 4.78 is 5.57. The van der Waals surface area contributed by atoms with Gasteiger partial charge in [0.05, 0.1) is 0 Å². The van der Waals surface area contributed by atoms with Crippen LogP contribution < -0.4 is 8.88 Å². The van der Waals surface area contributed by atoms with Gasteiger partial charge in [-0.05, 0) is 12.1 Å². The van der Waals surface area contributed by atoms with Crippen molar-refractivity contribution in [3.8, 4) is 0 Å². The second-order valence-corrected chi connectivity index (χ2v) is 4.81. The van der Waals surface area contributed by atoms with Gasteiger partial charge in [0.25, 0.3) is 19.7 Å². The van der Waals surface area contributed by atoms with Crippen molar-refractivity contribution < 1.29 is 0 Å². The normalized spacial score (nSPS) is 16.6. The van der Waals surface area contributed by atoms with Crippen LogP contribution in [0.3, 0.4) is 0 Å². The highest BCUT2D eigenvalue weighted by atomic mass is 28.4. The molecule has 0 amide bonds. The predicted molar refractivity (Wildman–Crippen MR) is 43.6 cm³/mol. The van der Waals surface area contributed by atoms with Crippen molar-refractivity contribution in [2.75, 3.05) is 4.23 Å². The third kappa shape index (κ3) is 1.01. The molecular weight excluding hydrogens is 156 g/mol. The molecule has 0 saturated carbocycles. The lowest BCUT2D eigenvalue weighted by molar-refractivity contribution is 1.32. The zero-order chi connectivity index (χ0) is 6.81. The van der Waals surface area contributed by atoms with E-state index in [1.54, 1.807) is 0 Å². The average Bonchev–Trinajstić information content (AvgIpc) is 1.86. The first-order valence-corrected chi connectivity index (χ1v) is 4.98. The molecule has 1 saturated heterocycles. The maximum absolute atomic E-state index is 3.24. The van der Waals surface area contributed by atoms with E-state index >= 15 is 0 Å². The highest BCUT2D eigenvalue weighted by Gasteiger charge is 2.17. The van der Waals surface area contributed by atoms with E-state index in [2.05, 4.69) is 33.1 Å². The highest BCUT2D eigenvalue weighted by Crippen LogP contribution is 2.11. The Balaban J connectivity index is 2.18. The summed E-state index contributed by atoms with van der Waals surface area (Å²) in [5.41, 5.74) is 1.33. The van der Waals surface area contributed by atoms with Crippen LogP contribution in [0.1, 0.15) is 0 Å². The maximum atomic E-state index is 3.24. The molecule has 1 aromatic rings. The van der Waals surface area contributed by atoms with Crippen LogP contribution in [-0.4, -0.2) is 19.7 Å². The van der Waals surface area contributed by atoms with Gasteiger partial charge in [0.1, 0.15) is 0 Å². The number of nitrogens with zero attached hydrogens (tertiary/aromatic N) is 1. The fraction of sp³-hybridized carbons (Fsp3) is 0. The van der Waals surface area contributed by atoms with Crippen LogP contribution in [0.2, 0.25) is 0 Å². The minimum absolute atomic E-state index is 0.785. The van der Waals surface area contributed by atoms with Gasteiger partial charge in [-0.25, -0.2) is 0 Å². The summed E-state index contributed by atoms with van der Waals surface area (Å²) in [5.74, 6) is 0. The van der Waals surface area contributed by atoms with E-state index in [1.165, 1.54) is 5.69 Å². The lowest BCUT2D eigenvalue weighted by atomic mass is 10.3. The predicted octanol–water partition coefficient (Wildman–Crippen LogP) is 0.165. The molecular formula is C6H6N2Si2. The first kappa shape index (κ1) is 6.15. The fourth-order valence-electron chi connectivity index (χ4n) is 0.818. The molecule has 0 unspecified atom stereocenters. The maximum Gasteiger partial charge on any atom is 0.273 e. The first-order chi connectivity index (χ1) is 4.97. The van der Waals surface area contributed by atoms with E-state index in [0.717, 1.165) is 19.7 Å². The standard InChI is InChI=1S/C6H6N2Si2/c1-2-4-6(5-3-1)8-9-7-10-8/h1-5,7H. The molecule has 1 aliphatic heterocycles. The molecule has 0 spiro atoms. The Morgan fingerprint density at radius 1 is 1.10 bits per heavy atom. The Morgan fingerprint density at radius 2 is 1.80 bits per heavy atom. The molecule has 48 valence electrons. The SMILES string of the molecule is c1ccc(N2[Si]N[Si]2)cc1. The van der Waals surface area contributed by atoms with Gasteiger partial charge in [-0.1, -0.05) is 18.2 Å². The van der Waals surface area contributed by atoms with Crippen LogP contribution in [0.25, 0.3) is 0 Å². The van der Waals surface area contributed by atoms with Crippen molar-refractivity contribution in [2.24, 2.45) is 0 Å². The molecule has 2 rings (SSSR count). The van der Waals surface area contributed by atoms with E-state index < -0.39 is 0 Å². The van der Waals surface area contributed by atoms with Crippen molar-refractivity contribution in [1.29, 1.82) is 0 Å². The fourth-order valence-corrected chi connectivity index (χ4v) is 2.27. The summed E-state index contributed by atoms with van der Waals surface area (Å²) in [4.78, 5) is 0. The topological polar surface area (TPSA) is 15.3 Å². The van der Waals surface area contributed by atoms with Gasteiger partial charge in [-0.3, -0.25) is 0 Å². The zero-order valence-corrected chi connectivity index (χ0v) is 7.33. The Hall–Kier alpha value is -0.586. The third-order valence-corrected chi connectivity index (χ3v) is 3.88. The van der Waals surface area contributed by atoms with E-state index in [4.69, 9.17) is 0 Å². The molecule has 0 bridgehead atoms. The average molecular weight is 162 g/mol. The van der Waals surface area contributed by atoms with Crippen LogP contribution >= 0.6 is 0 Å². The van der Waals surface area contributed by atoms with Gasteiger partial charge in [0.2, 0.25) is 0 Å². The monoisotopic (exact) mass is 162 g/mol. The number of hydrogen-bond acceptors (Lipinski definition) is 2. The summed E-state index contributed by atoms with van der Waals surface area (Å²) in [6.45, 7) is 0. The second kappa shape index (κ2) is 2.57. The molecule has 4 radical (unpaired) electrons. The van der Waals surface area contributed by atoms with Gasteiger partial charge >= 0.3 is 0 Å². The van der Waals surface area contributed by atoms with Gasteiger partial charge in [-0.2, -0.15) is 0 Å². The van der Waals surface area contributed by atoms with Crippen molar-refractivity contribution in [3.63, 3.8) is 0 Å². The van der Waals surface area contributed by atoms with E-state index in [-0.39, 0.29) is 0 Å². The van der Waals surface area contributed by atoms with Crippen molar-refractivity contribution in [2.45, 2.75) is 0 Å². The number of benzene rings is 1. The van der Waals surface area contributed by atoms with Crippen LogP contribution in [0.5, 0.6) is 0 Å². The Kier molecular flexibility index (Phi) is 1.58. The van der Waals surface area contributed by atoms with E-state index in [9.17, 15) is 0 Å². The Bertz CT molecular complexity index is 210. The number of rotatable bonds is 1. The van der Waals surface area contributed by atoms with Crippen molar-refractivity contribution in [3.05, 3.63) is 30.3 Å². The molecule has 1 N–H and O–H groups in total. The largest absolute Gasteiger partial charge is 0.401 e. The molecule has 1 aromatic carbocycles. The van der Waals surface area contributed by atoms with Crippen LogP contribution in [0, 0.1) is 0 Å². The molecule has 1 fully saturated rings. The lowest BCUT2D eigenvalue weighted by Gasteiger charge is -2.30. The van der Waals surface area contributed by atoms with Crippen LogP contribution in [0.15, 0.2) is 30.3 Å². The number of hydrogen-bond donors (Lipinski definition) is 1. The summed E-state index contributed by atoms with van der Waals surface area (Å²) in [6, 6.07) is 10.5. The molecule has 4 heteroatoms. The van der Waals surface area contributed by atoms with Crippen LogP contribution in [0.4, 0.5) is 5.69 Å². The van der Waals surface area contributed by atoms with Gasteiger partial charge < -0.3 is 8.88 Å². The molecule has 10 heavy (non-hydrogen) atoms. The summed E-state index contributed by atoms with van der Waals surface area (Å²) in [5, 5.41) is 0. The summed E-state index contributed by atoms with van der Waals surface area (Å²) in [6.07, 6.45) is 0. The molecule has 0 aliphatic carbocycles. The van der Waals surface area contributed by atoms with Crippen molar-refractivity contribution in [1.82, 2.24) is 4.65 Å². The van der Waals surface area contributed by atoms with Gasteiger partial charge in [-0.15, -0.1) is 0 Å². The molecule has 2 nitrogen and oxygen atoms in total. The second-order valence-electron chi connectivity index (χ2n) is 2.02. The Morgan fingerprint density at radius 3 is 2.30 bits per heavy atom. The van der Waals surface area contributed by atoms with E-state index in [0.29, 0.717) is 0 Å². The Labute approximate surface area is 65.2 Å². The van der Waals surface area contributed by atoms with Crippen LogP contribution in [-0.2, 0) is 0 Å². The quantitative estimate of drug-likeness (QED) is 0.592. The third-order valence-electron chi connectivity index (χ3n) is 1.35. The van der Waals surface area contributed by atoms with Gasteiger partial charge in [0, 0.05) is 5.69 Å². The zero-order valence-electron chi connectivity index (χ0n) is 5.33. The minimum Gasteiger partial charge on any atom is -0.401 e. The lowest BCUT2D eigenvalue weighted by Crippen LogP contribution is -2.59. The number of anilines is 1. The van der Waals surface area contributed by atoms with E-state index in [1.807, 2.05) is 6.07 Å². The van der Waals surface area contributed by atoms with Gasteiger partial charge in [0.15, 0.2) is 0 Å². The minimum atomic E-state index is 0.785. The summed E-state index contributed by atoms with van der Waals surface area (Å²) in [7, 11) is 1.57. The highest BCUT2D eigenvalue weighted by molar-refractivity contribution is 6.76. The molecule has 1 aliphatic rings. The first-order valence-electron chi connectivity index (χ1n) is 3.08. The smallest absolute Gasteiger partial charge is 0.273 e. The molecule has 0 aromatic heterocycles. The molecule has 1 heterocycles. The number of nitrogens with one attached hydrogen (secondary N) is 1. The molecule has 0 atom stereocenters. The summed E-state index contributed by atoms with van der Waals surface area (Å²) >= 11 is 0. The number of para-hydroxylation sites is 1. The van der Waals surface area contributed by atoms with Crippen molar-refractivity contribution >= 4 is 25.4 Å².